The number of nitrogens with zero attached hydrogens (tertiary/aromatic N) is 2. The largest absolute Gasteiger partial charge is 0.254 e. The molecule has 0 aliphatic heterocycles. The second-order valence-electron chi connectivity index (χ2n) is 7.98. The Labute approximate surface area is 192 Å². The molecule has 0 amide bonds. The zero-order chi connectivity index (χ0) is 21.1. The summed E-state index contributed by atoms with van der Waals surface area (Å²) in [5.41, 5.74) is 6.78. The van der Waals surface area contributed by atoms with Gasteiger partial charge in [-0.15, -0.1) is 22.7 Å². The van der Waals surface area contributed by atoms with Gasteiger partial charge in [-0.05, 0) is 56.9 Å². The van der Waals surface area contributed by atoms with E-state index < -0.39 is 0 Å². The summed E-state index contributed by atoms with van der Waals surface area (Å²) in [6.07, 6.45) is 3.97. The summed E-state index contributed by atoms with van der Waals surface area (Å²) in [4.78, 5) is 9.59. The number of pyridine rings is 2. The number of fused-ring (bicyclic) bond motifs is 6. The van der Waals surface area contributed by atoms with Crippen molar-refractivity contribution >= 4 is 64.7 Å². The van der Waals surface area contributed by atoms with E-state index in [1.807, 2.05) is 12.4 Å². The average Bonchev–Trinajstić information content (AvgIpc) is 3.53. The second-order valence-corrected chi connectivity index (χ2v) is 9.81. The summed E-state index contributed by atoms with van der Waals surface area (Å²) >= 11 is 3.50. The van der Waals surface area contributed by atoms with Crippen molar-refractivity contribution in [2.45, 2.75) is 0 Å². The lowest BCUT2D eigenvalue weighted by Crippen LogP contribution is -1.86. The summed E-state index contributed by atoms with van der Waals surface area (Å²) < 4.78 is 2.51. The highest BCUT2D eigenvalue weighted by atomic mass is 32.1. The van der Waals surface area contributed by atoms with Gasteiger partial charge in [-0.1, -0.05) is 48.5 Å². The van der Waals surface area contributed by atoms with Crippen LogP contribution in [-0.2, 0) is 0 Å². The van der Waals surface area contributed by atoms with Gasteiger partial charge < -0.3 is 0 Å². The monoisotopic (exact) mass is 444 g/mol. The van der Waals surface area contributed by atoms with Crippen LogP contribution in [0.15, 0.2) is 96.0 Å². The van der Waals surface area contributed by atoms with Crippen LogP contribution in [0.2, 0.25) is 0 Å². The van der Waals surface area contributed by atoms with Gasteiger partial charge in [-0.3, -0.25) is 9.97 Å². The highest BCUT2D eigenvalue weighted by Crippen LogP contribution is 2.33. The lowest BCUT2D eigenvalue weighted by Gasteiger charge is -2.07. The van der Waals surface area contributed by atoms with E-state index in [0.29, 0.717) is 0 Å². The van der Waals surface area contributed by atoms with E-state index in [-0.39, 0.29) is 0 Å². The Morgan fingerprint density at radius 1 is 0.438 bits per heavy atom. The van der Waals surface area contributed by atoms with Gasteiger partial charge in [0.05, 0.1) is 20.4 Å². The molecule has 0 atom stereocenters. The maximum Gasteiger partial charge on any atom is 0.0880 e. The normalized spacial score (nSPS) is 11.8. The van der Waals surface area contributed by atoms with Gasteiger partial charge in [0.25, 0.3) is 0 Å². The van der Waals surface area contributed by atoms with Crippen molar-refractivity contribution < 1.29 is 0 Å². The third kappa shape index (κ3) is 2.77. The molecule has 7 aromatic rings. The fourth-order valence-electron chi connectivity index (χ4n) is 4.41. The lowest BCUT2D eigenvalue weighted by molar-refractivity contribution is 1.42. The molecule has 7 rings (SSSR count). The molecular formula is C28H16N2S2. The van der Waals surface area contributed by atoms with Gasteiger partial charge in [0.2, 0.25) is 0 Å². The quantitative estimate of drug-likeness (QED) is 0.267. The third-order valence-corrected chi connectivity index (χ3v) is 7.97. The number of benzene rings is 3. The minimum atomic E-state index is 1.08. The van der Waals surface area contributed by atoms with E-state index in [1.54, 1.807) is 22.7 Å². The molecule has 4 aromatic heterocycles. The molecule has 2 nitrogen and oxygen atoms in total. The van der Waals surface area contributed by atoms with Crippen molar-refractivity contribution in [3.05, 3.63) is 96.0 Å². The Balaban J connectivity index is 1.27. The topological polar surface area (TPSA) is 25.8 Å². The Morgan fingerprint density at radius 3 is 1.34 bits per heavy atom. The highest BCUT2D eigenvalue weighted by Gasteiger charge is 2.08. The number of aromatic nitrogens is 2. The minimum absolute atomic E-state index is 1.08. The molecule has 0 bridgehead atoms. The van der Waals surface area contributed by atoms with Gasteiger partial charge >= 0.3 is 0 Å². The standard InChI is InChI=1S/C28H16N2S2/c1-2-18(24-14-22-8-6-20-10-12-32-28(20)26(22)30-16-24)4-3-17(1)23-13-21-7-5-19-9-11-31-27(19)25(21)29-15-23/h1-16H. The van der Waals surface area contributed by atoms with Crippen molar-refractivity contribution in [2.24, 2.45) is 0 Å². The maximum atomic E-state index is 4.79. The first-order valence-corrected chi connectivity index (χ1v) is 12.2. The maximum absolute atomic E-state index is 4.79. The summed E-state index contributed by atoms with van der Waals surface area (Å²) in [5.74, 6) is 0. The summed E-state index contributed by atoms with van der Waals surface area (Å²) in [6, 6.07) is 26.2. The van der Waals surface area contributed by atoms with Crippen LogP contribution in [0.5, 0.6) is 0 Å². The van der Waals surface area contributed by atoms with Gasteiger partial charge in [0.15, 0.2) is 0 Å². The Hall–Kier alpha value is -3.60. The number of hydrogen-bond acceptors (Lipinski definition) is 4. The molecule has 4 heterocycles. The molecule has 0 saturated heterocycles. The molecule has 0 radical (unpaired) electrons. The molecule has 3 aromatic carbocycles. The SMILES string of the molecule is c1cc2ccc3cc(-c4ccc(-c5cnc6c(ccc7ccsc76)c5)cc4)cnc3c2s1. The van der Waals surface area contributed by atoms with Crippen LogP contribution >= 0.6 is 22.7 Å². The van der Waals surface area contributed by atoms with Crippen LogP contribution in [0, 0.1) is 0 Å². The van der Waals surface area contributed by atoms with E-state index in [1.165, 1.54) is 42.1 Å². The van der Waals surface area contributed by atoms with E-state index in [9.17, 15) is 0 Å². The van der Waals surface area contributed by atoms with E-state index >= 15 is 0 Å². The zero-order valence-electron chi connectivity index (χ0n) is 16.9. The molecule has 150 valence electrons. The third-order valence-electron chi connectivity index (χ3n) is 6.09. The summed E-state index contributed by atoms with van der Waals surface area (Å²) in [7, 11) is 0. The number of hydrogen-bond donors (Lipinski definition) is 0. The molecule has 0 spiro atoms. The van der Waals surface area contributed by atoms with Crippen LogP contribution < -0.4 is 0 Å². The van der Waals surface area contributed by atoms with Gasteiger partial charge in [-0.2, -0.15) is 0 Å². The van der Waals surface area contributed by atoms with E-state index in [2.05, 4.69) is 83.6 Å². The first-order chi connectivity index (χ1) is 15.8. The molecule has 0 N–H and O–H groups in total. The molecule has 0 aliphatic carbocycles. The van der Waals surface area contributed by atoms with Gasteiger partial charge in [-0.25, -0.2) is 0 Å². The molecular weight excluding hydrogens is 428 g/mol. The number of rotatable bonds is 2. The van der Waals surface area contributed by atoms with Crippen molar-refractivity contribution in [2.75, 3.05) is 0 Å². The molecule has 0 unspecified atom stereocenters. The van der Waals surface area contributed by atoms with E-state index in [0.717, 1.165) is 22.2 Å². The molecule has 0 aliphatic rings. The molecule has 0 saturated carbocycles. The first kappa shape index (κ1) is 18.0. The predicted molar refractivity (Wildman–Crippen MR) is 139 cm³/mol. The van der Waals surface area contributed by atoms with Crippen molar-refractivity contribution in [1.82, 2.24) is 9.97 Å². The molecule has 0 fully saturated rings. The van der Waals surface area contributed by atoms with Crippen molar-refractivity contribution in [3.8, 4) is 22.3 Å². The van der Waals surface area contributed by atoms with E-state index in [4.69, 9.17) is 9.97 Å². The van der Waals surface area contributed by atoms with Gasteiger partial charge in [0, 0.05) is 34.3 Å². The smallest absolute Gasteiger partial charge is 0.0880 e. The predicted octanol–water partition coefficient (Wildman–Crippen LogP) is 8.55. The lowest BCUT2D eigenvalue weighted by atomic mass is 10.00. The van der Waals surface area contributed by atoms with Gasteiger partial charge in [0.1, 0.15) is 0 Å². The van der Waals surface area contributed by atoms with Crippen LogP contribution in [0.1, 0.15) is 0 Å². The zero-order valence-corrected chi connectivity index (χ0v) is 18.6. The fraction of sp³-hybridized carbons (Fsp3) is 0. The number of thiophene rings is 2. The van der Waals surface area contributed by atoms with Crippen molar-refractivity contribution in [3.63, 3.8) is 0 Å². The van der Waals surface area contributed by atoms with Crippen LogP contribution in [0.3, 0.4) is 0 Å². The molecule has 4 heteroatoms. The fourth-order valence-corrected chi connectivity index (χ4v) is 6.22. The van der Waals surface area contributed by atoms with Crippen LogP contribution in [0.25, 0.3) is 64.2 Å². The Bertz CT molecular complexity index is 1640. The second kappa shape index (κ2) is 6.95. The minimum Gasteiger partial charge on any atom is -0.254 e. The average molecular weight is 445 g/mol. The van der Waals surface area contributed by atoms with Crippen molar-refractivity contribution in [1.29, 1.82) is 0 Å². The van der Waals surface area contributed by atoms with Crippen LogP contribution in [0.4, 0.5) is 0 Å². The highest BCUT2D eigenvalue weighted by molar-refractivity contribution is 7.18. The molecule has 32 heavy (non-hydrogen) atoms. The summed E-state index contributed by atoms with van der Waals surface area (Å²) in [6.45, 7) is 0. The summed E-state index contributed by atoms with van der Waals surface area (Å²) in [5, 5.41) is 9.14. The Kier molecular flexibility index (Phi) is 3.92. The Morgan fingerprint density at radius 2 is 0.875 bits per heavy atom. The first-order valence-electron chi connectivity index (χ1n) is 10.5. The van der Waals surface area contributed by atoms with Crippen LogP contribution in [-0.4, -0.2) is 9.97 Å².